The zero-order valence-corrected chi connectivity index (χ0v) is 9.87. The van der Waals surface area contributed by atoms with Crippen molar-refractivity contribution in [2.45, 2.75) is 6.18 Å². The summed E-state index contributed by atoms with van der Waals surface area (Å²) >= 11 is 0. The minimum atomic E-state index is -4.25. The number of nitrogens with one attached hydrogen (secondary N) is 1. The second-order valence-electron chi connectivity index (χ2n) is 3.58. The lowest BCUT2D eigenvalue weighted by atomic mass is 10.3. The van der Waals surface area contributed by atoms with Crippen LogP contribution in [0.15, 0.2) is 30.3 Å². The van der Waals surface area contributed by atoms with Gasteiger partial charge in [-0.05, 0) is 12.1 Å². The molecule has 0 saturated carbocycles. The predicted molar refractivity (Wildman–Crippen MR) is 61.7 cm³/mol. The molecule has 1 rings (SSSR count). The molecule has 0 amide bonds. The molecule has 0 fully saturated rings. The van der Waals surface area contributed by atoms with Crippen molar-refractivity contribution in [1.29, 1.82) is 0 Å². The molecule has 0 aliphatic rings. The maximum Gasteiger partial charge on any atom is 0.411 e. The number of halogens is 3. The highest BCUT2D eigenvalue weighted by atomic mass is 19.4. The number of rotatable bonds is 8. The van der Waals surface area contributed by atoms with Crippen molar-refractivity contribution in [3.8, 4) is 5.75 Å². The summed E-state index contributed by atoms with van der Waals surface area (Å²) in [5.74, 6) is 0.771. The quantitative estimate of drug-likeness (QED) is 0.730. The van der Waals surface area contributed by atoms with E-state index in [-0.39, 0.29) is 6.61 Å². The van der Waals surface area contributed by atoms with E-state index in [9.17, 15) is 13.2 Å². The highest BCUT2D eigenvalue weighted by Crippen LogP contribution is 2.13. The van der Waals surface area contributed by atoms with E-state index in [1.807, 2.05) is 30.3 Å². The first kappa shape index (κ1) is 14.8. The Morgan fingerprint density at radius 1 is 1.00 bits per heavy atom. The molecule has 0 radical (unpaired) electrons. The van der Waals surface area contributed by atoms with Gasteiger partial charge in [-0.25, -0.2) is 0 Å². The molecule has 0 aliphatic heterocycles. The highest BCUT2D eigenvalue weighted by molar-refractivity contribution is 5.20. The molecule has 0 aromatic heterocycles. The molecule has 18 heavy (non-hydrogen) atoms. The number of benzene rings is 1. The Morgan fingerprint density at radius 3 is 2.33 bits per heavy atom. The van der Waals surface area contributed by atoms with Gasteiger partial charge in [0.05, 0.1) is 6.61 Å². The standard InChI is InChI=1S/C12H16F3NO2/c13-12(14,15)10-17-8-6-16-7-9-18-11-4-2-1-3-5-11/h1-5,16H,6-10H2. The van der Waals surface area contributed by atoms with E-state index in [0.717, 1.165) is 5.75 Å². The summed E-state index contributed by atoms with van der Waals surface area (Å²) in [5, 5.41) is 2.92. The lowest BCUT2D eigenvalue weighted by Gasteiger charge is -2.09. The van der Waals surface area contributed by atoms with Crippen molar-refractivity contribution in [2.75, 3.05) is 32.9 Å². The molecule has 0 aliphatic carbocycles. The van der Waals surface area contributed by atoms with Gasteiger partial charge in [-0.3, -0.25) is 0 Å². The zero-order valence-electron chi connectivity index (χ0n) is 9.87. The van der Waals surface area contributed by atoms with Crippen LogP contribution in [0.1, 0.15) is 0 Å². The van der Waals surface area contributed by atoms with Gasteiger partial charge in [-0.15, -0.1) is 0 Å². The van der Waals surface area contributed by atoms with Gasteiger partial charge in [-0.2, -0.15) is 13.2 Å². The van der Waals surface area contributed by atoms with Gasteiger partial charge in [0.1, 0.15) is 19.0 Å². The first-order valence-electron chi connectivity index (χ1n) is 5.61. The monoisotopic (exact) mass is 263 g/mol. The molecule has 1 N–H and O–H groups in total. The Labute approximate surface area is 104 Å². The van der Waals surface area contributed by atoms with E-state index in [1.54, 1.807) is 0 Å². The molecule has 0 bridgehead atoms. The molecule has 6 heteroatoms. The summed E-state index contributed by atoms with van der Waals surface area (Å²) in [4.78, 5) is 0. The SMILES string of the molecule is FC(F)(F)COCCNCCOc1ccccc1. The van der Waals surface area contributed by atoms with Crippen LogP contribution in [-0.2, 0) is 4.74 Å². The molecule has 0 spiro atoms. The minimum Gasteiger partial charge on any atom is -0.492 e. The fraction of sp³-hybridized carbons (Fsp3) is 0.500. The van der Waals surface area contributed by atoms with Crippen LogP contribution in [0.5, 0.6) is 5.75 Å². The third-order valence-corrected chi connectivity index (χ3v) is 1.98. The molecular weight excluding hydrogens is 247 g/mol. The van der Waals surface area contributed by atoms with Gasteiger partial charge < -0.3 is 14.8 Å². The second kappa shape index (κ2) is 7.94. The van der Waals surface area contributed by atoms with E-state index in [0.29, 0.717) is 19.7 Å². The smallest absolute Gasteiger partial charge is 0.411 e. The van der Waals surface area contributed by atoms with Crippen molar-refractivity contribution in [3.63, 3.8) is 0 Å². The maximum atomic E-state index is 11.7. The second-order valence-corrected chi connectivity index (χ2v) is 3.58. The fourth-order valence-corrected chi connectivity index (χ4v) is 1.22. The van der Waals surface area contributed by atoms with E-state index >= 15 is 0 Å². The predicted octanol–water partition coefficient (Wildman–Crippen LogP) is 2.23. The van der Waals surface area contributed by atoms with Crippen LogP contribution in [0, 0.1) is 0 Å². The molecule has 0 saturated heterocycles. The van der Waals surface area contributed by atoms with Crippen molar-refractivity contribution in [1.82, 2.24) is 5.32 Å². The summed E-state index contributed by atoms with van der Waals surface area (Å²) in [7, 11) is 0. The van der Waals surface area contributed by atoms with Gasteiger partial charge in [0.25, 0.3) is 0 Å². The van der Waals surface area contributed by atoms with Crippen LogP contribution in [0.3, 0.4) is 0 Å². The Balaban J connectivity index is 1.90. The summed E-state index contributed by atoms with van der Waals surface area (Å²) in [6.45, 7) is 0.224. The lowest BCUT2D eigenvalue weighted by Crippen LogP contribution is -2.27. The van der Waals surface area contributed by atoms with Gasteiger partial charge in [0.15, 0.2) is 0 Å². The van der Waals surface area contributed by atoms with Crippen molar-refractivity contribution < 1.29 is 22.6 Å². The first-order valence-corrected chi connectivity index (χ1v) is 5.61. The van der Waals surface area contributed by atoms with E-state index in [2.05, 4.69) is 10.1 Å². The van der Waals surface area contributed by atoms with Crippen LogP contribution in [0.25, 0.3) is 0 Å². The first-order chi connectivity index (χ1) is 8.58. The molecule has 1 aromatic rings. The van der Waals surface area contributed by atoms with Crippen LogP contribution in [-0.4, -0.2) is 39.1 Å². The maximum absolute atomic E-state index is 11.7. The topological polar surface area (TPSA) is 30.5 Å². The van der Waals surface area contributed by atoms with Gasteiger partial charge in [0.2, 0.25) is 0 Å². The van der Waals surface area contributed by atoms with Crippen molar-refractivity contribution in [3.05, 3.63) is 30.3 Å². The molecule has 0 unspecified atom stereocenters. The molecular formula is C12H16F3NO2. The summed E-state index contributed by atoms with van der Waals surface area (Å²) in [5.41, 5.74) is 0. The van der Waals surface area contributed by atoms with Crippen LogP contribution in [0.4, 0.5) is 13.2 Å². The van der Waals surface area contributed by atoms with Crippen LogP contribution < -0.4 is 10.1 Å². The molecule has 0 heterocycles. The minimum absolute atomic E-state index is 0.0326. The van der Waals surface area contributed by atoms with Gasteiger partial charge in [-0.1, -0.05) is 18.2 Å². The third kappa shape index (κ3) is 7.92. The molecule has 1 aromatic carbocycles. The Morgan fingerprint density at radius 2 is 1.67 bits per heavy atom. The molecule has 3 nitrogen and oxygen atoms in total. The Hall–Kier alpha value is -1.27. The number of para-hydroxylation sites is 1. The van der Waals surface area contributed by atoms with E-state index in [4.69, 9.17) is 4.74 Å². The van der Waals surface area contributed by atoms with E-state index in [1.165, 1.54) is 0 Å². The lowest BCUT2D eigenvalue weighted by molar-refractivity contribution is -0.173. The highest BCUT2D eigenvalue weighted by Gasteiger charge is 2.27. The van der Waals surface area contributed by atoms with Gasteiger partial charge >= 0.3 is 6.18 Å². The number of hydrogen-bond acceptors (Lipinski definition) is 3. The Bertz CT molecular complexity index is 317. The number of hydrogen-bond donors (Lipinski definition) is 1. The van der Waals surface area contributed by atoms with Gasteiger partial charge in [0, 0.05) is 13.1 Å². The van der Waals surface area contributed by atoms with E-state index < -0.39 is 12.8 Å². The summed E-state index contributed by atoms with van der Waals surface area (Å²) < 4.78 is 44.9. The third-order valence-electron chi connectivity index (χ3n) is 1.98. The average Bonchev–Trinajstić information content (AvgIpc) is 2.32. The van der Waals surface area contributed by atoms with Crippen LogP contribution >= 0.6 is 0 Å². The number of alkyl halides is 3. The zero-order chi connectivity index (χ0) is 13.3. The van der Waals surface area contributed by atoms with Crippen molar-refractivity contribution >= 4 is 0 Å². The fourth-order valence-electron chi connectivity index (χ4n) is 1.22. The largest absolute Gasteiger partial charge is 0.492 e. The Kier molecular flexibility index (Phi) is 6.53. The summed E-state index contributed by atoms with van der Waals surface area (Å²) in [6, 6.07) is 9.31. The van der Waals surface area contributed by atoms with Crippen molar-refractivity contribution in [2.24, 2.45) is 0 Å². The van der Waals surface area contributed by atoms with Crippen LogP contribution in [0.2, 0.25) is 0 Å². The average molecular weight is 263 g/mol. The number of ether oxygens (including phenoxy) is 2. The normalized spacial score (nSPS) is 11.5. The summed E-state index contributed by atoms with van der Waals surface area (Å²) in [6.07, 6.45) is -4.25. The molecule has 102 valence electrons. The molecule has 0 atom stereocenters.